The molecule has 2 rings (SSSR count). The van der Waals surface area contributed by atoms with Gasteiger partial charge in [-0.1, -0.05) is 47.1 Å². The molecule has 0 saturated carbocycles. The van der Waals surface area contributed by atoms with E-state index in [4.69, 9.17) is 0 Å². The summed E-state index contributed by atoms with van der Waals surface area (Å²) in [5, 5.41) is 3.43. The van der Waals surface area contributed by atoms with E-state index in [1.807, 2.05) is 6.07 Å². The van der Waals surface area contributed by atoms with Crippen molar-refractivity contribution < 1.29 is 0 Å². The molecule has 20 heavy (non-hydrogen) atoms. The molecule has 0 aromatic heterocycles. The van der Waals surface area contributed by atoms with Crippen molar-refractivity contribution in [1.82, 2.24) is 5.32 Å². The summed E-state index contributed by atoms with van der Waals surface area (Å²) in [6.45, 7) is 4.14. The van der Waals surface area contributed by atoms with Crippen LogP contribution in [0.25, 0.3) is 0 Å². The van der Waals surface area contributed by atoms with Gasteiger partial charge in [-0.05, 0) is 42.8 Å². The second kappa shape index (κ2) is 7.46. The van der Waals surface area contributed by atoms with Crippen molar-refractivity contribution in [2.45, 2.75) is 19.9 Å². The topological polar surface area (TPSA) is 15.3 Å². The molecule has 0 spiro atoms. The maximum Gasteiger partial charge on any atom is 0.0419 e. The summed E-state index contributed by atoms with van der Waals surface area (Å²) >= 11 is 3.67. The van der Waals surface area contributed by atoms with Crippen molar-refractivity contribution in [3.05, 3.63) is 58.6 Å². The largest absolute Gasteiger partial charge is 0.345 e. The average Bonchev–Trinajstić information content (AvgIpc) is 2.49. The standard InChI is InChI=1S/C17H21BrN2/c1-3-11-19-13-14-9-10-16(12-17(14)18)20(2)15-7-5-4-6-8-15/h4-10,12,19H,3,11,13H2,1-2H3. The molecular formula is C17H21BrN2. The Balaban J connectivity index is 2.12. The Hall–Kier alpha value is -1.32. The van der Waals surface area contributed by atoms with Crippen molar-refractivity contribution in [2.75, 3.05) is 18.5 Å². The van der Waals surface area contributed by atoms with Gasteiger partial charge in [0.25, 0.3) is 0 Å². The van der Waals surface area contributed by atoms with Crippen LogP contribution in [0.4, 0.5) is 11.4 Å². The maximum absolute atomic E-state index is 3.67. The molecule has 0 atom stereocenters. The number of nitrogens with zero attached hydrogens (tertiary/aromatic N) is 1. The Morgan fingerprint density at radius 2 is 1.80 bits per heavy atom. The quantitative estimate of drug-likeness (QED) is 0.770. The third-order valence-corrected chi connectivity index (χ3v) is 4.05. The summed E-state index contributed by atoms with van der Waals surface area (Å²) in [6, 6.07) is 16.9. The van der Waals surface area contributed by atoms with E-state index in [9.17, 15) is 0 Å². The predicted octanol–water partition coefficient (Wildman–Crippen LogP) is 4.72. The molecule has 0 amide bonds. The van der Waals surface area contributed by atoms with Gasteiger partial charge in [0.05, 0.1) is 0 Å². The molecular weight excluding hydrogens is 312 g/mol. The minimum atomic E-state index is 0.907. The lowest BCUT2D eigenvalue weighted by Gasteiger charge is -2.20. The van der Waals surface area contributed by atoms with E-state index in [2.05, 4.69) is 82.6 Å². The van der Waals surface area contributed by atoms with Crippen molar-refractivity contribution >= 4 is 27.3 Å². The van der Waals surface area contributed by atoms with Crippen LogP contribution in [0.1, 0.15) is 18.9 Å². The zero-order valence-corrected chi connectivity index (χ0v) is 13.7. The number of hydrogen-bond donors (Lipinski definition) is 1. The normalized spacial score (nSPS) is 10.6. The second-order valence-electron chi connectivity index (χ2n) is 4.85. The van der Waals surface area contributed by atoms with Gasteiger partial charge < -0.3 is 10.2 Å². The van der Waals surface area contributed by atoms with Crippen molar-refractivity contribution in [1.29, 1.82) is 0 Å². The minimum Gasteiger partial charge on any atom is -0.345 e. The lowest BCUT2D eigenvalue weighted by Crippen LogP contribution is -2.14. The molecule has 2 nitrogen and oxygen atoms in total. The zero-order chi connectivity index (χ0) is 14.4. The molecule has 106 valence electrons. The van der Waals surface area contributed by atoms with Crippen LogP contribution in [0.15, 0.2) is 53.0 Å². The smallest absolute Gasteiger partial charge is 0.0419 e. The van der Waals surface area contributed by atoms with Gasteiger partial charge in [0.2, 0.25) is 0 Å². The highest BCUT2D eigenvalue weighted by molar-refractivity contribution is 9.10. The van der Waals surface area contributed by atoms with Gasteiger partial charge in [0.15, 0.2) is 0 Å². The van der Waals surface area contributed by atoms with E-state index in [0.29, 0.717) is 0 Å². The SMILES string of the molecule is CCCNCc1ccc(N(C)c2ccccc2)cc1Br. The molecule has 0 bridgehead atoms. The Morgan fingerprint density at radius 1 is 1.05 bits per heavy atom. The first-order chi connectivity index (χ1) is 9.72. The summed E-state index contributed by atoms with van der Waals surface area (Å²) in [5.41, 5.74) is 3.67. The molecule has 3 heteroatoms. The first-order valence-electron chi connectivity index (χ1n) is 7.00. The predicted molar refractivity (Wildman–Crippen MR) is 90.6 cm³/mol. The molecule has 2 aromatic carbocycles. The van der Waals surface area contributed by atoms with Crippen LogP contribution in [0.3, 0.4) is 0 Å². The molecule has 0 aliphatic carbocycles. The molecule has 1 N–H and O–H groups in total. The van der Waals surface area contributed by atoms with Crippen LogP contribution in [0.5, 0.6) is 0 Å². The second-order valence-corrected chi connectivity index (χ2v) is 5.70. The summed E-state index contributed by atoms with van der Waals surface area (Å²) in [4.78, 5) is 2.19. The van der Waals surface area contributed by atoms with Gasteiger partial charge in [0, 0.05) is 29.4 Å². The van der Waals surface area contributed by atoms with Crippen LogP contribution in [-0.2, 0) is 6.54 Å². The molecule has 0 radical (unpaired) electrons. The molecule has 0 aliphatic heterocycles. The average molecular weight is 333 g/mol. The van der Waals surface area contributed by atoms with Crippen molar-refractivity contribution in [2.24, 2.45) is 0 Å². The third kappa shape index (κ3) is 3.84. The summed E-state index contributed by atoms with van der Waals surface area (Å²) in [5.74, 6) is 0. The lowest BCUT2D eigenvalue weighted by molar-refractivity contribution is 0.674. The van der Waals surface area contributed by atoms with E-state index in [-0.39, 0.29) is 0 Å². The fourth-order valence-corrected chi connectivity index (χ4v) is 2.60. The third-order valence-electron chi connectivity index (χ3n) is 3.31. The number of halogens is 1. The fraction of sp³-hybridized carbons (Fsp3) is 0.294. The van der Waals surface area contributed by atoms with Crippen LogP contribution in [0, 0.1) is 0 Å². The van der Waals surface area contributed by atoms with Crippen LogP contribution in [-0.4, -0.2) is 13.6 Å². The number of anilines is 2. The molecule has 0 saturated heterocycles. The van der Waals surface area contributed by atoms with Crippen molar-refractivity contribution in [3.63, 3.8) is 0 Å². The number of nitrogens with one attached hydrogen (secondary N) is 1. The molecule has 0 fully saturated rings. The van der Waals surface area contributed by atoms with Crippen LogP contribution in [0.2, 0.25) is 0 Å². The minimum absolute atomic E-state index is 0.907. The van der Waals surface area contributed by atoms with E-state index < -0.39 is 0 Å². The van der Waals surface area contributed by atoms with Gasteiger partial charge in [-0.3, -0.25) is 0 Å². The Kier molecular flexibility index (Phi) is 5.62. The van der Waals surface area contributed by atoms with E-state index in [1.165, 1.54) is 16.9 Å². The van der Waals surface area contributed by atoms with Gasteiger partial charge >= 0.3 is 0 Å². The number of benzene rings is 2. The van der Waals surface area contributed by atoms with Gasteiger partial charge in [-0.2, -0.15) is 0 Å². The number of hydrogen-bond acceptors (Lipinski definition) is 2. The Labute approximate surface area is 129 Å². The fourth-order valence-electron chi connectivity index (χ4n) is 2.09. The Morgan fingerprint density at radius 3 is 2.45 bits per heavy atom. The van der Waals surface area contributed by atoms with Gasteiger partial charge in [-0.25, -0.2) is 0 Å². The summed E-state index contributed by atoms with van der Waals surface area (Å²) in [7, 11) is 2.09. The van der Waals surface area contributed by atoms with E-state index in [0.717, 1.165) is 24.0 Å². The zero-order valence-electron chi connectivity index (χ0n) is 12.1. The maximum atomic E-state index is 3.67. The van der Waals surface area contributed by atoms with Gasteiger partial charge in [0.1, 0.15) is 0 Å². The van der Waals surface area contributed by atoms with E-state index >= 15 is 0 Å². The van der Waals surface area contributed by atoms with Gasteiger partial charge in [-0.15, -0.1) is 0 Å². The molecule has 0 heterocycles. The molecule has 0 unspecified atom stereocenters. The summed E-state index contributed by atoms with van der Waals surface area (Å²) < 4.78 is 1.15. The molecule has 2 aromatic rings. The first kappa shape index (κ1) is 15.1. The monoisotopic (exact) mass is 332 g/mol. The van der Waals surface area contributed by atoms with Crippen LogP contribution >= 0.6 is 15.9 Å². The van der Waals surface area contributed by atoms with E-state index in [1.54, 1.807) is 0 Å². The summed E-state index contributed by atoms with van der Waals surface area (Å²) in [6.07, 6.45) is 1.16. The van der Waals surface area contributed by atoms with Crippen LogP contribution < -0.4 is 10.2 Å². The first-order valence-corrected chi connectivity index (χ1v) is 7.79. The highest BCUT2D eigenvalue weighted by atomic mass is 79.9. The highest BCUT2D eigenvalue weighted by Crippen LogP contribution is 2.28. The number of rotatable bonds is 6. The highest BCUT2D eigenvalue weighted by Gasteiger charge is 2.06. The molecule has 0 aliphatic rings. The lowest BCUT2D eigenvalue weighted by atomic mass is 10.2. The number of para-hydroxylation sites is 1. The van der Waals surface area contributed by atoms with Crippen molar-refractivity contribution in [3.8, 4) is 0 Å². The Bertz CT molecular complexity index is 540.